The van der Waals surface area contributed by atoms with Crippen molar-refractivity contribution in [3.8, 4) is 0 Å². The van der Waals surface area contributed by atoms with E-state index in [-0.39, 0.29) is 0 Å². The monoisotopic (exact) mass is 349 g/mol. The molecule has 6 nitrogen and oxygen atoms in total. The van der Waals surface area contributed by atoms with Crippen molar-refractivity contribution in [1.82, 2.24) is 5.06 Å². The zero-order chi connectivity index (χ0) is 17.2. The summed E-state index contributed by atoms with van der Waals surface area (Å²) < 4.78 is 75.8. The Bertz CT molecular complexity index is 620. The summed E-state index contributed by atoms with van der Waals surface area (Å²) in [5.74, 6) is -13.9. The Morgan fingerprint density at radius 2 is 1.36 bits per heavy atom. The van der Waals surface area contributed by atoms with Gasteiger partial charge in [-0.25, -0.2) is 27.0 Å². The highest BCUT2D eigenvalue weighted by molar-refractivity contribution is 7.51. The van der Waals surface area contributed by atoms with Crippen LogP contribution in [0.3, 0.4) is 0 Å². The van der Waals surface area contributed by atoms with Crippen LogP contribution in [0.5, 0.6) is 0 Å². The number of hydrogen-bond acceptors (Lipinski definition) is 3. The molecule has 0 heterocycles. The molecule has 1 amide bonds. The third-order valence-electron chi connectivity index (χ3n) is 2.48. The molecule has 0 saturated carbocycles. The highest BCUT2D eigenvalue weighted by atomic mass is 31.2. The maximum atomic E-state index is 13.3. The van der Waals surface area contributed by atoms with Gasteiger partial charge in [-0.05, 0) is 6.42 Å². The summed E-state index contributed by atoms with van der Waals surface area (Å²) in [5, 5.41) is 8.83. The van der Waals surface area contributed by atoms with Gasteiger partial charge in [-0.2, -0.15) is 0 Å². The van der Waals surface area contributed by atoms with Crippen molar-refractivity contribution < 1.29 is 46.3 Å². The maximum Gasteiger partial charge on any atom is 0.325 e. The Hall–Kier alpha value is -1.55. The predicted molar refractivity (Wildman–Crippen MR) is 60.6 cm³/mol. The summed E-state index contributed by atoms with van der Waals surface area (Å²) >= 11 is 0. The van der Waals surface area contributed by atoms with Gasteiger partial charge in [0.1, 0.15) is 5.56 Å². The second-order valence-electron chi connectivity index (χ2n) is 4.12. The molecule has 0 fully saturated rings. The minimum atomic E-state index is -4.43. The van der Waals surface area contributed by atoms with Gasteiger partial charge >= 0.3 is 7.60 Å². The standard InChI is InChI=1S/C10H9F5NO5P/c11-5-4(6(12)8(14)9(15)7(5)13)10(17)16(18)2-1-3-22(19,20)21/h18H,1-3H2,(H2,19,20,21). The fourth-order valence-corrected chi connectivity index (χ4v) is 2.00. The van der Waals surface area contributed by atoms with E-state index in [4.69, 9.17) is 9.79 Å². The molecule has 12 heteroatoms. The molecule has 22 heavy (non-hydrogen) atoms. The van der Waals surface area contributed by atoms with Crippen molar-refractivity contribution in [3.63, 3.8) is 0 Å². The average molecular weight is 349 g/mol. The van der Waals surface area contributed by atoms with Crippen LogP contribution in [0.4, 0.5) is 22.0 Å². The molecule has 124 valence electrons. The molecule has 0 aromatic heterocycles. The van der Waals surface area contributed by atoms with Crippen molar-refractivity contribution >= 4 is 13.5 Å². The molecule has 3 N–H and O–H groups in total. The molecule has 0 aliphatic rings. The van der Waals surface area contributed by atoms with Crippen molar-refractivity contribution in [2.45, 2.75) is 6.42 Å². The molecule has 0 aliphatic carbocycles. The summed E-state index contributed by atoms with van der Waals surface area (Å²) in [5.41, 5.74) is -1.87. The number of rotatable bonds is 5. The van der Waals surface area contributed by atoms with Crippen LogP contribution in [0.2, 0.25) is 0 Å². The van der Waals surface area contributed by atoms with Crippen LogP contribution in [0.25, 0.3) is 0 Å². The van der Waals surface area contributed by atoms with E-state index < -0.39 is 72.3 Å². The van der Waals surface area contributed by atoms with E-state index in [1.165, 1.54) is 0 Å². The van der Waals surface area contributed by atoms with E-state index in [2.05, 4.69) is 0 Å². The number of amides is 1. The maximum absolute atomic E-state index is 13.3. The molecule has 0 radical (unpaired) electrons. The summed E-state index contributed by atoms with van der Waals surface area (Å²) in [4.78, 5) is 28.6. The molecule has 0 bridgehead atoms. The van der Waals surface area contributed by atoms with Crippen LogP contribution in [-0.4, -0.2) is 38.7 Å². The van der Waals surface area contributed by atoms with E-state index in [9.17, 15) is 36.5 Å². The Balaban J connectivity index is 3.01. The molecular formula is C10H9F5NO5P. The van der Waals surface area contributed by atoms with Crippen LogP contribution < -0.4 is 0 Å². The minimum absolute atomic E-state index is 0.395. The fourth-order valence-electron chi connectivity index (χ4n) is 1.45. The molecule has 1 aromatic rings. The zero-order valence-electron chi connectivity index (χ0n) is 10.6. The van der Waals surface area contributed by atoms with Gasteiger partial charge in [0.25, 0.3) is 5.91 Å². The second kappa shape index (κ2) is 6.69. The lowest BCUT2D eigenvalue weighted by molar-refractivity contribution is -0.0585. The number of benzene rings is 1. The Morgan fingerprint density at radius 1 is 0.955 bits per heavy atom. The smallest absolute Gasteiger partial charge is 0.324 e. The first-order valence-electron chi connectivity index (χ1n) is 5.54. The second-order valence-corrected chi connectivity index (χ2v) is 5.89. The van der Waals surface area contributed by atoms with E-state index in [1.807, 2.05) is 0 Å². The summed E-state index contributed by atoms with van der Waals surface area (Å²) in [7, 11) is -4.43. The number of nitrogens with zero attached hydrogens (tertiary/aromatic N) is 1. The largest absolute Gasteiger partial charge is 0.325 e. The van der Waals surface area contributed by atoms with Gasteiger partial charge in [-0.1, -0.05) is 0 Å². The van der Waals surface area contributed by atoms with Gasteiger partial charge < -0.3 is 9.79 Å². The number of hydrogen-bond donors (Lipinski definition) is 3. The van der Waals surface area contributed by atoms with Crippen LogP contribution in [0.15, 0.2) is 0 Å². The molecule has 0 spiro atoms. The van der Waals surface area contributed by atoms with Crippen LogP contribution in [-0.2, 0) is 4.57 Å². The van der Waals surface area contributed by atoms with Gasteiger partial charge in [0.15, 0.2) is 23.3 Å². The van der Waals surface area contributed by atoms with E-state index in [0.717, 1.165) is 0 Å². The SMILES string of the molecule is O=C(c1c(F)c(F)c(F)c(F)c1F)N(O)CCCP(=O)(O)O. The van der Waals surface area contributed by atoms with Crippen molar-refractivity contribution in [3.05, 3.63) is 34.6 Å². The average Bonchev–Trinajstić information content (AvgIpc) is 2.41. The topological polar surface area (TPSA) is 98.1 Å². The van der Waals surface area contributed by atoms with Gasteiger partial charge in [-0.3, -0.25) is 14.6 Å². The van der Waals surface area contributed by atoms with Crippen LogP contribution >= 0.6 is 7.60 Å². The van der Waals surface area contributed by atoms with Gasteiger partial charge in [0.05, 0.1) is 6.16 Å². The molecule has 0 saturated heterocycles. The number of halogens is 5. The molecule has 0 atom stereocenters. The number of carbonyl (C=O) groups is 1. The molecule has 1 rings (SSSR count). The van der Waals surface area contributed by atoms with Crippen molar-refractivity contribution in [2.75, 3.05) is 12.7 Å². The lowest BCUT2D eigenvalue weighted by Crippen LogP contribution is -2.31. The first kappa shape index (κ1) is 18.5. The first-order valence-corrected chi connectivity index (χ1v) is 7.34. The Morgan fingerprint density at radius 3 is 1.77 bits per heavy atom. The third kappa shape index (κ3) is 4.01. The predicted octanol–water partition coefficient (Wildman–Crippen LogP) is 1.78. The third-order valence-corrected chi connectivity index (χ3v) is 3.38. The van der Waals surface area contributed by atoms with Gasteiger partial charge in [-0.15, -0.1) is 0 Å². The molecule has 0 unspecified atom stereocenters. The van der Waals surface area contributed by atoms with Gasteiger partial charge in [0, 0.05) is 6.54 Å². The van der Waals surface area contributed by atoms with E-state index in [1.54, 1.807) is 0 Å². The van der Waals surface area contributed by atoms with Crippen LogP contribution in [0.1, 0.15) is 16.8 Å². The minimum Gasteiger partial charge on any atom is -0.324 e. The summed E-state index contributed by atoms with van der Waals surface area (Å²) in [6.07, 6.45) is -1.23. The summed E-state index contributed by atoms with van der Waals surface area (Å²) in [6.45, 7) is -0.788. The van der Waals surface area contributed by atoms with E-state index >= 15 is 0 Å². The van der Waals surface area contributed by atoms with Crippen molar-refractivity contribution in [2.24, 2.45) is 0 Å². The highest BCUT2D eigenvalue weighted by Gasteiger charge is 2.32. The van der Waals surface area contributed by atoms with Gasteiger partial charge in [0.2, 0.25) is 5.82 Å². The normalized spacial score (nSPS) is 11.6. The highest BCUT2D eigenvalue weighted by Crippen LogP contribution is 2.34. The van der Waals surface area contributed by atoms with Crippen LogP contribution in [0, 0.1) is 29.1 Å². The zero-order valence-corrected chi connectivity index (χ0v) is 11.5. The number of hydroxylamine groups is 2. The van der Waals surface area contributed by atoms with E-state index in [0.29, 0.717) is 0 Å². The number of carbonyl (C=O) groups excluding carboxylic acids is 1. The van der Waals surface area contributed by atoms with Crippen molar-refractivity contribution in [1.29, 1.82) is 0 Å². The lowest BCUT2D eigenvalue weighted by atomic mass is 10.1. The summed E-state index contributed by atoms with van der Waals surface area (Å²) in [6, 6.07) is 0. The molecule has 1 aromatic carbocycles. The fraction of sp³-hybridized carbons (Fsp3) is 0.300. The quantitative estimate of drug-likeness (QED) is 0.188. The lowest BCUT2D eigenvalue weighted by Gasteiger charge is -2.16. The Labute approximate surface area is 119 Å². The molecular weight excluding hydrogens is 340 g/mol. The first-order chi connectivity index (χ1) is 9.97. The molecule has 0 aliphatic heterocycles. The Kier molecular flexibility index (Phi) is 5.63.